The molecule has 0 amide bonds. The van der Waals surface area contributed by atoms with Crippen LogP contribution in [0.2, 0.25) is 0 Å². The second-order valence-corrected chi connectivity index (χ2v) is 22.8. The van der Waals surface area contributed by atoms with Crippen LogP contribution in [0.5, 0.6) is 11.5 Å². The van der Waals surface area contributed by atoms with Crippen LogP contribution >= 0.6 is 0 Å². The largest absolute Gasteiger partial charge is 0.510 e. The summed E-state index contributed by atoms with van der Waals surface area (Å²) < 4.78 is 125. The number of fused-ring (bicyclic) bond motifs is 4. The molecule has 0 aliphatic rings. The van der Waals surface area contributed by atoms with Crippen molar-refractivity contribution in [3.05, 3.63) is 247 Å². The van der Waals surface area contributed by atoms with Gasteiger partial charge in [-0.2, -0.15) is 18.2 Å². The van der Waals surface area contributed by atoms with Gasteiger partial charge < -0.3 is 13.9 Å². The van der Waals surface area contributed by atoms with Crippen molar-refractivity contribution in [2.45, 2.75) is 85.4 Å². The summed E-state index contributed by atoms with van der Waals surface area (Å²) in [5.41, 5.74) is 9.77. The van der Waals surface area contributed by atoms with Crippen molar-refractivity contribution in [3.63, 3.8) is 0 Å². The summed E-state index contributed by atoms with van der Waals surface area (Å²) in [5, 5.41) is 1.58. The zero-order valence-corrected chi connectivity index (χ0v) is 47.6. The van der Waals surface area contributed by atoms with E-state index < -0.39 is 60.6 Å². The first kappa shape index (κ1) is 39.3. The number of hydrogen-bond donors (Lipinski definition) is 0. The molecule has 12 rings (SSSR count). The zero-order valence-electron chi connectivity index (χ0n) is 58.4. The van der Waals surface area contributed by atoms with Gasteiger partial charge in [-0.25, -0.2) is 4.98 Å². The summed E-state index contributed by atoms with van der Waals surface area (Å²) in [5.74, 6) is 0.812. The van der Waals surface area contributed by atoms with Gasteiger partial charge in [0.05, 0.1) is 30.4 Å². The van der Waals surface area contributed by atoms with Gasteiger partial charge in [-0.3, -0.25) is 4.57 Å². The van der Waals surface area contributed by atoms with E-state index in [0.29, 0.717) is 33.8 Å². The maximum atomic E-state index is 9.18. The molecule has 6 heteroatoms. The predicted octanol–water partition coefficient (Wildman–Crippen LogP) is 18.5. The second-order valence-electron chi connectivity index (χ2n) is 22.8. The fraction of sp³-hybridized carbons (Fsp3) is 0.178. The minimum Gasteiger partial charge on any atom is -0.510 e. The van der Waals surface area contributed by atoms with E-state index in [0.717, 1.165) is 60.9 Å². The Kier molecular flexibility index (Phi) is 10.2. The van der Waals surface area contributed by atoms with Crippen LogP contribution in [0.1, 0.15) is 102 Å². The number of benzene rings is 9. The zero-order chi connectivity index (χ0) is 65.3. The first-order chi connectivity index (χ1) is 42.8. The number of para-hydroxylation sites is 1. The summed E-state index contributed by atoms with van der Waals surface area (Å²) in [6, 6.07) is 47.5. The van der Waals surface area contributed by atoms with Gasteiger partial charge in [0.2, 0.25) is 0 Å². The summed E-state index contributed by atoms with van der Waals surface area (Å²) in [6.07, 6.45) is 5.03. The Balaban J connectivity index is 0.00000867. The van der Waals surface area contributed by atoms with Gasteiger partial charge in [-0.1, -0.05) is 213 Å². The van der Waals surface area contributed by atoms with Crippen LogP contribution in [-0.4, -0.2) is 14.1 Å². The average molecular weight is 1220 g/mol. The molecule has 0 aliphatic carbocycles. The van der Waals surface area contributed by atoms with Crippen molar-refractivity contribution < 1.29 is 48.2 Å². The third-order valence-electron chi connectivity index (χ3n) is 14.4. The fourth-order valence-corrected chi connectivity index (χ4v) is 10.2. The molecule has 0 radical (unpaired) electrons. The van der Waals surface area contributed by atoms with Crippen LogP contribution < -0.4 is 9.30 Å². The topological polar surface area (TPSA) is 35.9 Å². The fourth-order valence-electron chi connectivity index (χ4n) is 10.2. The van der Waals surface area contributed by atoms with Crippen LogP contribution in [0.3, 0.4) is 0 Å². The van der Waals surface area contributed by atoms with E-state index in [1.807, 2.05) is 71.3 Å². The third-order valence-corrected chi connectivity index (χ3v) is 14.4. The number of hydrogen-bond acceptors (Lipinski definition) is 2. The standard InChI is InChI=1S/C73H64N4O.Pt/c1-48-39-69(74-46-63(48)51-23-15-12-16-24-51)77-65-30-18-17-29-60(65)61-37-36-59(45-67(61)77)78-58-28-20-27-57(44-58)75-47-76(66-38-33-52(43-68(66)75)50-31-34-55(35-32-50)71(2,3)4)70-62(53-25-19-26-56(40-53)72(5,6)7)41-54(42-64(70)73(8,9)10)49-21-13-11-14-22-49;/h11-43,46H,1-10H3;/q-2;/i1D3,11D,12D,13D,14D,15D,16D,21D,22D,23D,24D;. The molecule has 0 aliphatic heterocycles. The van der Waals surface area contributed by atoms with Gasteiger partial charge >= 0.3 is 0 Å². The Morgan fingerprint density at radius 1 is 0.532 bits per heavy atom. The van der Waals surface area contributed by atoms with Crippen molar-refractivity contribution in [2.75, 3.05) is 0 Å². The second kappa shape index (κ2) is 20.6. The minimum absolute atomic E-state index is 0. The Labute approximate surface area is 498 Å². The first-order valence-corrected chi connectivity index (χ1v) is 26.0. The van der Waals surface area contributed by atoms with Crippen molar-refractivity contribution in [3.8, 4) is 73.2 Å². The molecule has 0 N–H and O–H groups in total. The van der Waals surface area contributed by atoms with Gasteiger partial charge in [0.25, 0.3) is 6.33 Å². The van der Waals surface area contributed by atoms with E-state index in [-0.39, 0.29) is 72.1 Å². The molecule has 3 heterocycles. The molecule has 0 atom stereocenters. The molecule has 3 aromatic heterocycles. The number of imidazole rings is 1. The molecule has 0 saturated heterocycles. The van der Waals surface area contributed by atoms with Crippen LogP contribution in [0, 0.1) is 25.3 Å². The van der Waals surface area contributed by atoms with Gasteiger partial charge in [0.1, 0.15) is 5.82 Å². The summed E-state index contributed by atoms with van der Waals surface area (Å²) >= 11 is 0. The van der Waals surface area contributed by atoms with Crippen molar-refractivity contribution in [1.82, 2.24) is 14.1 Å². The Hall–Kier alpha value is -8.11. The molecule has 0 unspecified atom stereocenters. The number of rotatable bonds is 9. The monoisotopic (exact) mass is 1220 g/mol. The summed E-state index contributed by atoms with van der Waals surface area (Å²) in [4.78, 5) is 4.74. The number of nitrogens with zero attached hydrogens (tertiary/aromatic N) is 4. The number of aromatic nitrogens is 4. The first-order valence-electron chi connectivity index (χ1n) is 32.5. The molecule has 0 bridgehead atoms. The molecule has 79 heavy (non-hydrogen) atoms. The average Bonchev–Trinajstić information content (AvgIpc) is 1.39. The number of pyridine rings is 1. The molecular weight excluding hydrogens is 1140 g/mol. The van der Waals surface area contributed by atoms with E-state index in [4.69, 9.17) is 24.8 Å². The van der Waals surface area contributed by atoms with E-state index in [2.05, 4.69) is 140 Å². The van der Waals surface area contributed by atoms with Gasteiger partial charge in [0.15, 0.2) is 0 Å². The molecule has 12 aromatic rings. The van der Waals surface area contributed by atoms with Gasteiger partial charge in [-0.15, -0.1) is 29.7 Å². The SMILES string of the molecule is [2H]c1c([2H])c([2H])c(-c2cc(-c3cccc(C(C)(C)C)c3)c(-[n+]3[c-]n(-c4[c-]c(Oc5[c-]c6c(cc5)c5ccccc5n6-c5cc(C([2H])([2H])[2H])c(-c6c([2H])c([2H])c([2H])c([2H])c6[2H])cn5)ccc4)c4cc(-c5ccc(C(C)(C)C)cc5)ccc43)c(C(C)(C)C)c2)c([2H])c1[2H].[Pt]. The van der Waals surface area contributed by atoms with Crippen LogP contribution in [0.4, 0.5) is 0 Å². The molecule has 0 spiro atoms. The molecule has 0 saturated carbocycles. The maximum Gasteiger partial charge on any atom is 0.268 e. The molecular formula is C73H64N4OPt-2. The minimum atomic E-state index is -2.80. The normalized spacial score (nSPS) is 14.6. The van der Waals surface area contributed by atoms with E-state index in [9.17, 15) is 2.74 Å². The summed E-state index contributed by atoms with van der Waals surface area (Å²) in [6.45, 7) is 16.5. The molecule has 5 nitrogen and oxygen atoms in total. The van der Waals surface area contributed by atoms with Crippen LogP contribution in [0.25, 0.3) is 94.5 Å². The smallest absolute Gasteiger partial charge is 0.268 e. The van der Waals surface area contributed by atoms with E-state index in [1.165, 1.54) is 17.8 Å². The quantitative estimate of drug-likeness (QED) is 0.107. The van der Waals surface area contributed by atoms with Crippen LogP contribution in [-0.2, 0) is 37.3 Å². The predicted molar refractivity (Wildman–Crippen MR) is 323 cm³/mol. The van der Waals surface area contributed by atoms with Crippen LogP contribution in [0.15, 0.2) is 206 Å². The van der Waals surface area contributed by atoms with Crippen molar-refractivity contribution in [2.24, 2.45) is 0 Å². The molecule has 394 valence electrons. The number of aryl methyl sites for hydroxylation is 1. The maximum absolute atomic E-state index is 9.18. The Bertz CT molecular complexity index is 4910. The Morgan fingerprint density at radius 3 is 1.95 bits per heavy atom. The third kappa shape index (κ3) is 10.2. The Morgan fingerprint density at radius 2 is 1.23 bits per heavy atom. The van der Waals surface area contributed by atoms with E-state index in [1.54, 1.807) is 16.7 Å². The summed E-state index contributed by atoms with van der Waals surface area (Å²) in [7, 11) is 0. The number of ether oxygens (including phenoxy) is 1. The van der Waals surface area contributed by atoms with Crippen molar-refractivity contribution in [1.29, 1.82) is 0 Å². The van der Waals surface area contributed by atoms with Crippen molar-refractivity contribution >= 4 is 32.8 Å². The van der Waals surface area contributed by atoms with E-state index >= 15 is 0 Å². The molecule has 0 fully saturated rings. The van der Waals surface area contributed by atoms with Gasteiger partial charge in [-0.05, 0) is 120 Å². The van der Waals surface area contributed by atoms with Gasteiger partial charge in [0, 0.05) is 54.0 Å². The molecule has 9 aromatic carbocycles.